The third-order valence-electron chi connectivity index (χ3n) is 5.26. The molecule has 1 saturated heterocycles. The fourth-order valence-corrected chi connectivity index (χ4v) is 3.31. The molecule has 1 fully saturated rings. The van der Waals surface area contributed by atoms with E-state index in [0.717, 1.165) is 44.6 Å². The van der Waals surface area contributed by atoms with Crippen LogP contribution in [0.2, 0.25) is 0 Å². The number of pyridine rings is 1. The van der Waals surface area contributed by atoms with Gasteiger partial charge in [0.05, 0.1) is 0 Å². The normalized spacial score (nSPS) is 17.8. The Morgan fingerprint density at radius 1 is 1.42 bits per heavy atom. The van der Waals surface area contributed by atoms with E-state index in [1.54, 1.807) is 6.20 Å². The van der Waals surface area contributed by atoms with Crippen molar-refractivity contribution in [3.63, 3.8) is 0 Å². The van der Waals surface area contributed by atoms with Crippen LogP contribution in [0, 0.1) is 5.41 Å². The minimum atomic E-state index is -0.118. The number of rotatable bonds is 8. The quantitative estimate of drug-likeness (QED) is 0.681. The average Bonchev–Trinajstić information content (AvgIpc) is 3.08. The molecule has 2 rings (SSSR count). The fourth-order valence-electron chi connectivity index (χ4n) is 3.31. The van der Waals surface area contributed by atoms with Crippen molar-refractivity contribution in [1.29, 1.82) is 0 Å². The molecular formula is C18H30N4O2. The Labute approximate surface area is 144 Å². The van der Waals surface area contributed by atoms with E-state index < -0.39 is 0 Å². The number of carbonyl (C=O) groups excluding carboxylic acids is 1. The van der Waals surface area contributed by atoms with Gasteiger partial charge in [-0.05, 0) is 43.2 Å². The minimum absolute atomic E-state index is 0.0121. The predicted octanol–water partition coefficient (Wildman–Crippen LogP) is 2.15. The Bertz CT molecular complexity index is 505. The molecular weight excluding hydrogens is 304 g/mol. The van der Waals surface area contributed by atoms with E-state index in [2.05, 4.69) is 34.4 Å². The summed E-state index contributed by atoms with van der Waals surface area (Å²) in [5.74, 6) is 0.959. The molecule has 1 aromatic heterocycles. The lowest BCUT2D eigenvalue weighted by atomic mass is 9.79. The van der Waals surface area contributed by atoms with Crippen molar-refractivity contribution < 1.29 is 9.90 Å². The molecule has 1 unspecified atom stereocenters. The van der Waals surface area contributed by atoms with Crippen LogP contribution in [0.1, 0.15) is 39.5 Å². The summed E-state index contributed by atoms with van der Waals surface area (Å²) in [4.78, 5) is 18.8. The van der Waals surface area contributed by atoms with Gasteiger partial charge in [-0.3, -0.25) is 0 Å². The highest BCUT2D eigenvalue weighted by Crippen LogP contribution is 2.29. The van der Waals surface area contributed by atoms with Gasteiger partial charge in [0.1, 0.15) is 5.82 Å². The zero-order valence-corrected chi connectivity index (χ0v) is 14.8. The molecule has 2 amide bonds. The van der Waals surface area contributed by atoms with Crippen LogP contribution >= 0.6 is 0 Å². The van der Waals surface area contributed by atoms with E-state index in [1.165, 1.54) is 0 Å². The molecule has 24 heavy (non-hydrogen) atoms. The largest absolute Gasteiger partial charge is 0.396 e. The zero-order valence-electron chi connectivity index (χ0n) is 14.8. The third-order valence-corrected chi connectivity index (χ3v) is 5.26. The number of aliphatic hydroxyl groups excluding tert-OH is 1. The van der Waals surface area contributed by atoms with Gasteiger partial charge in [-0.25, -0.2) is 9.78 Å². The maximum atomic E-state index is 12.2. The summed E-state index contributed by atoms with van der Waals surface area (Å²) < 4.78 is 0. The summed E-state index contributed by atoms with van der Waals surface area (Å²) in [6, 6.07) is 5.90. The van der Waals surface area contributed by atoms with E-state index in [-0.39, 0.29) is 24.1 Å². The van der Waals surface area contributed by atoms with Gasteiger partial charge in [0.15, 0.2) is 0 Å². The number of carbonyl (C=O) groups is 1. The van der Waals surface area contributed by atoms with Crippen molar-refractivity contribution >= 4 is 11.8 Å². The molecule has 1 aromatic rings. The number of hydrogen-bond acceptors (Lipinski definition) is 4. The SMILES string of the molecule is CCC(CC)(CCO)CNC(=O)NC1CCN(c2ccccn2)C1. The first-order valence-electron chi connectivity index (χ1n) is 8.93. The molecule has 0 radical (unpaired) electrons. The number of urea groups is 1. The Balaban J connectivity index is 1.79. The summed E-state index contributed by atoms with van der Waals surface area (Å²) in [6.07, 6.45) is 5.33. The molecule has 3 N–H and O–H groups in total. The lowest BCUT2D eigenvalue weighted by Crippen LogP contribution is -2.47. The molecule has 0 aromatic carbocycles. The van der Waals surface area contributed by atoms with Crippen molar-refractivity contribution in [3.05, 3.63) is 24.4 Å². The highest BCUT2D eigenvalue weighted by atomic mass is 16.3. The third kappa shape index (κ3) is 4.84. The van der Waals surface area contributed by atoms with Crippen LogP contribution in [0.3, 0.4) is 0 Å². The number of anilines is 1. The first kappa shape index (κ1) is 18.5. The van der Waals surface area contributed by atoms with Gasteiger partial charge >= 0.3 is 6.03 Å². The van der Waals surface area contributed by atoms with Crippen LogP contribution in [0.5, 0.6) is 0 Å². The van der Waals surface area contributed by atoms with Crippen LogP contribution in [0.4, 0.5) is 10.6 Å². The highest BCUT2D eigenvalue weighted by molar-refractivity contribution is 5.74. The number of aliphatic hydroxyl groups is 1. The summed E-state index contributed by atoms with van der Waals surface area (Å²) >= 11 is 0. The van der Waals surface area contributed by atoms with Gasteiger partial charge in [-0.2, -0.15) is 0 Å². The minimum Gasteiger partial charge on any atom is -0.396 e. The lowest BCUT2D eigenvalue weighted by Gasteiger charge is -2.31. The van der Waals surface area contributed by atoms with Crippen molar-refractivity contribution in [3.8, 4) is 0 Å². The fraction of sp³-hybridized carbons (Fsp3) is 0.667. The first-order chi connectivity index (χ1) is 11.6. The molecule has 0 saturated carbocycles. The second-order valence-electron chi connectivity index (χ2n) is 6.63. The van der Waals surface area contributed by atoms with Crippen LogP contribution < -0.4 is 15.5 Å². The first-order valence-corrected chi connectivity index (χ1v) is 8.93. The number of hydrogen-bond donors (Lipinski definition) is 3. The molecule has 0 aliphatic carbocycles. The molecule has 1 aliphatic heterocycles. The van der Waals surface area contributed by atoms with Gasteiger partial charge in [-0.15, -0.1) is 0 Å². The van der Waals surface area contributed by atoms with E-state index in [1.807, 2.05) is 18.2 Å². The van der Waals surface area contributed by atoms with Gasteiger partial charge < -0.3 is 20.6 Å². The van der Waals surface area contributed by atoms with Crippen molar-refractivity contribution in [1.82, 2.24) is 15.6 Å². The van der Waals surface area contributed by atoms with Crippen molar-refractivity contribution in [2.75, 3.05) is 31.1 Å². The van der Waals surface area contributed by atoms with E-state index in [9.17, 15) is 9.90 Å². The summed E-state index contributed by atoms with van der Waals surface area (Å²) in [5.41, 5.74) is -0.0121. The van der Waals surface area contributed by atoms with Gasteiger partial charge in [-0.1, -0.05) is 19.9 Å². The monoisotopic (exact) mass is 334 g/mol. The second-order valence-corrected chi connectivity index (χ2v) is 6.63. The lowest BCUT2D eigenvalue weighted by molar-refractivity contribution is 0.163. The van der Waals surface area contributed by atoms with Crippen LogP contribution in [0.15, 0.2) is 24.4 Å². The Morgan fingerprint density at radius 3 is 2.83 bits per heavy atom. The summed E-state index contributed by atoms with van der Waals surface area (Å²) in [6.45, 7) is 6.67. The topological polar surface area (TPSA) is 77.5 Å². The number of nitrogens with one attached hydrogen (secondary N) is 2. The van der Waals surface area contributed by atoms with Crippen molar-refractivity contribution in [2.45, 2.75) is 45.6 Å². The van der Waals surface area contributed by atoms with Gasteiger partial charge in [0, 0.05) is 38.5 Å². The maximum absolute atomic E-state index is 12.2. The smallest absolute Gasteiger partial charge is 0.315 e. The predicted molar refractivity (Wildman–Crippen MR) is 96.1 cm³/mol. The van der Waals surface area contributed by atoms with Crippen LogP contribution in [-0.4, -0.2) is 48.4 Å². The maximum Gasteiger partial charge on any atom is 0.315 e. The molecule has 0 spiro atoms. The van der Waals surface area contributed by atoms with Gasteiger partial charge in [0.25, 0.3) is 0 Å². The molecule has 1 atom stereocenters. The van der Waals surface area contributed by atoms with E-state index in [4.69, 9.17) is 0 Å². The van der Waals surface area contributed by atoms with Crippen LogP contribution in [-0.2, 0) is 0 Å². The van der Waals surface area contributed by atoms with Crippen LogP contribution in [0.25, 0.3) is 0 Å². The number of amides is 2. The van der Waals surface area contributed by atoms with Gasteiger partial charge in [0.2, 0.25) is 0 Å². The molecule has 0 bridgehead atoms. The Hall–Kier alpha value is -1.82. The van der Waals surface area contributed by atoms with Crippen molar-refractivity contribution in [2.24, 2.45) is 5.41 Å². The average molecular weight is 334 g/mol. The molecule has 134 valence electrons. The van der Waals surface area contributed by atoms with E-state index >= 15 is 0 Å². The molecule has 2 heterocycles. The second kappa shape index (κ2) is 8.87. The van der Waals surface area contributed by atoms with E-state index in [0.29, 0.717) is 6.54 Å². The molecule has 6 heteroatoms. The highest BCUT2D eigenvalue weighted by Gasteiger charge is 2.28. The summed E-state index contributed by atoms with van der Waals surface area (Å²) in [5, 5.41) is 15.3. The zero-order chi connectivity index (χ0) is 17.4. The molecule has 1 aliphatic rings. The Morgan fingerprint density at radius 2 is 2.21 bits per heavy atom. The Kier molecular flexibility index (Phi) is 6.85. The number of aromatic nitrogens is 1. The number of nitrogens with zero attached hydrogens (tertiary/aromatic N) is 2. The molecule has 6 nitrogen and oxygen atoms in total. The standard InChI is InChI=1S/C18H30N4O2/c1-3-18(4-2,9-12-23)14-20-17(24)21-15-8-11-22(13-15)16-7-5-6-10-19-16/h5-7,10,15,23H,3-4,8-9,11-14H2,1-2H3,(H2,20,21,24). The summed E-state index contributed by atoms with van der Waals surface area (Å²) in [7, 11) is 0.